The van der Waals surface area contributed by atoms with Gasteiger partial charge < -0.3 is 9.47 Å². The van der Waals surface area contributed by atoms with Gasteiger partial charge in [0, 0.05) is 7.11 Å². The van der Waals surface area contributed by atoms with Crippen molar-refractivity contribution in [1.29, 1.82) is 0 Å². The van der Waals surface area contributed by atoms with Gasteiger partial charge in [-0.3, -0.25) is 0 Å². The highest BCUT2D eigenvalue weighted by Gasteiger charge is 2.34. The van der Waals surface area contributed by atoms with E-state index in [0.717, 1.165) is 12.8 Å². The first-order valence-electron chi connectivity index (χ1n) is 3.82. The molecular formula is C8H14O3. The van der Waals surface area contributed by atoms with E-state index in [-0.39, 0.29) is 12.1 Å². The third kappa shape index (κ3) is 2.19. The van der Waals surface area contributed by atoms with Crippen LogP contribution in [-0.4, -0.2) is 24.8 Å². The van der Waals surface area contributed by atoms with Crippen LogP contribution < -0.4 is 0 Å². The van der Waals surface area contributed by atoms with Crippen molar-refractivity contribution in [3.05, 3.63) is 0 Å². The van der Waals surface area contributed by atoms with Crippen LogP contribution in [0.1, 0.15) is 26.7 Å². The highest BCUT2D eigenvalue weighted by Crippen LogP contribution is 2.25. The highest BCUT2D eigenvalue weighted by molar-refractivity contribution is 5.78. The van der Waals surface area contributed by atoms with Crippen LogP contribution in [0.4, 0.5) is 0 Å². The summed E-state index contributed by atoms with van der Waals surface area (Å²) in [6.45, 7) is 3.41. The monoisotopic (exact) mass is 158 g/mol. The number of hydrogen-bond donors (Lipinski definition) is 0. The smallest absolute Gasteiger partial charge is 0.338 e. The summed E-state index contributed by atoms with van der Waals surface area (Å²) >= 11 is 0. The minimum atomic E-state index is -0.789. The molecule has 0 radical (unpaired) electrons. The maximum Gasteiger partial charge on any atom is 0.338 e. The fourth-order valence-electron chi connectivity index (χ4n) is 0.563. The van der Waals surface area contributed by atoms with Crippen LogP contribution in [0.15, 0.2) is 0 Å². The Morgan fingerprint density at radius 2 is 2.00 bits per heavy atom. The summed E-state index contributed by atoms with van der Waals surface area (Å²) in [6.07, 6.45) is 2.17. The quantitative estimate of drug-likeness (QED) is 0.577. The molecule has 0 amide bonds. The lowest BCUT2D eigenvalue weighted by molar-refractivity contribution is -0.166. The molecule has 0 unspecified atom stereocenters. The minimum Gasteiger partial charge on any atom is -0.460 e. The van der Waals surface area contributed by atoms with Crippen LogP contribution in [0.25, 0.3) is 0 Å². The predicted molar refractivity (Wildman–Crippen MR) is 40.2 cm³/mol. The van der Waals surface area contributed by atoms with E-state index in [1.54, 1.807) is 13.8 Å². The average Bonchev–Trinajstić information content (AvgIpc) is 2.72. The maximum atomic E-state index is 11.2. The second-order valence-corrected chi connectivity index (χ2v) is 3.32. The summed E-state index contributed by atoms with van der Waals surface area (Å²) in [5.41, 5.74) is -0.789. The molecule has 0 saturated heterocycles. The zero-order valence-electron chi connectivity index (χ0n) is 7.22. The third-order valence-corrected chi connectivity index (χ3v) is 1.80. The molecule has 0 aliphatic heterocycles. The molecule has 0 bridgehead atoms. The fraction of sp³-hybridized carbons (Fsp3) is 0.875. The van der Waals surface area contributed by atoms with E-state index in [9.17, 15) is 4.79 Å². The van der Waals surface area contributed by atoms with Crippen molar-refractivity contribution >= 4 is 5.97 Å². The molecule has 0 aromatic heterocycles. The third-order valence-electron chi connectivity index (χ3n) is 1.80. The number of esters is 1. The summed E-state index contributed by atoms with van der Waals surface area (Å²) < 4.78 is 10.0. The molecule has 11 heavy (non-hydrogen) atoms. The first kappa shape index (κ1) is 8.53. The molecule has 3 nitrogen and oxygen atoms in total. The molecule has 1 saturated carbocycles. The molecule has 0 aromatic rings. The molecule has 1 aliphatic carbocycles. The number of ether oxygens (including phenoxy) is 2. The number of methoxy groups -OCH3 is 1. The van der Waals surface area contributed by atoms with Gasteiger partial charge >= 0.3 is 5.97 Å². The Morgan fingerprint density at radius 1 is 1.45 bits per heavy atom. The second kappa shape index (κ2) is 2.81. The van der Waals surface area contributed by atoms with Gasteiger partial charge in [-0.05, 0) is 26.7 Å². The van der Waals surface area contributed by atoms with Crippen molar-refractivity contribution in [3.8, 4) is 0 Å². The number of rotatable bonds is 3. The fourth-order valence-corrected chi connectivity index (χ4v) is 0.563. The lowest BCUT2D eigenvalue weighted by Gasteiger charge is -2.20. The summed E-state index contributed by atoms with van der Waals surface area (Å²) in [5.74, 6) is -0.262. The number of hydrogen-bond acceptors (Lipinski definition) is 3. The standard InChI is InChI=1S/C8H14O3/c1-8(2,10-3)7(9)11-6-4-5-6/h6H,4-5H2,1-3H3. The van der Waals surface area contributed by atoms with E-state index >= 15 is 0 Å². The molecule has 1 fully saturated rings. The van der Waals surface area contributed by atoms with Gasteiger partial charge in [0.2, 0.25) is 0 Å². The lowest BCUT2D eigenvalue weighted by Crippen LogP contribution is -2.35. The first-order valence-corrected chi connectivity index (χ1v) is 3.82. The molecule has 0 aromatic carbocycles. The van der Waals surface area contributed by atoms with E-state index in [2.05, 4.69) is 0 Å². The molecule has 1 rings (SSSR count). The van der Waals surface area contributed by atoms with E-state index in [1.165, 1.54) is 7.11 Å². The van der Waals surface area contributed by atoms with Crippen LogP contribution >= 0.6 is 0 Å². The van der Waals surface area contributed by atoms with Gasteiger partial charge in [-0.15, -0.1) is 0 Å². The number of carbonyl (C=O) groups excluding carboxylic acids is 1. The van der Waals surface area contributed by atoms with Crippen molar-refractivity contribution in [2.24, 2.45) is 0 Å². The van der Waals surface area contributed by atoms with Crippen LogP contribution in [0.2, 0.25) is 0 Å². The van der Waals surface area contributed by atoms with Crippen LogP contribution in [0.5, 0.6) is 0 Å². The minimum absolute atomic E-state index is 0.164. The average molecular weight is 158 g/mol. The zero-order valence-corrected chi connectivity index (χ0v) is 7.22. The number of carbonyl (C=O) groups is 1. The van der Waals surface area contributed by atoms with E-state index in [1.807, 2.05) is 0 Å². The highest BCUT2D eigenvalue weighted by atomic mass is 16.6. The molecule has 0 atom stereocenters. The van der Waals surface area contributed by atoms with Crippen LogP contribution in [-0.2, 0) is 14.3 Å². The lowest BCUT2D eigenvalue weighted by atomic mass is 10.1. The van der Waals surface area contributed by atoms with Gasteiger partial charge in [-0.1, -0.05) is 0 Å². The van der Waals surface area contributed by atoms with Crippen molar-refractivity contribution in [3.63, 3.8) is 0 Å². The molecule has 64 valence electrons. The summed E-state index contributed by atoms with van der Waals surface area (Å²) in [5, 5.41) is 0. The van der Waals surface area contributed by atoms with Crippen molar-refractivity contribution < 1.29 is 14.3 Å². The molecule has 0 N–H and O–H groups in total. The Labute approximate surface area is 66.7 Å². The van der Waals surface area contributed by atoms with E-state index in [0.29, 0.717) is 0 Å². The summed E-state index contributed by atoms with van der Waals surface area (Å²) in [7, 11) is 1.51. The van der Waals surface area contributed by atoms with E-state index < -0.39 is 5.60 Å². The normalized spacial score (nSPS) is 18.1. The van der Waals surface area contributed by atoms with Crippen LogP contribution in [0, 0.1) is 0 Å². The molecule has 0 heterocycles. The maximum absolute atomic E-state index is 11.2. The van der Waals surface area contributed by atoms with Gasteiger partial charge in [-0.25, -0.2) is 4.79 Å². The van der Waals surface area contributed by atoms with Gasteiger partial charge in [-0.2, -0.15) is 0 Å². The second-order valence-electron chi connectivity index (χ2n) is 3.32. The topological polar surface area (TPSA) is 35.5 Å². The molecular weight excluding hydrogens is 144 g/mol. The van der Waals surface area contributed by atoms with Crippen molar-refractivity contribution in [2.45, 2.75) is 38.4 Å². The Hall–Kier alpha value is -0.570. The van der Waals surface area contributed by atoms with Gasteiger partial charge in [0.05, 0.1) is 0 Å². The van der Waals surface area contributed by atoms with Crippen molar-refractivity contribution in [1.82, 2.24) is 0 Å². The Bertz CT molecular complexity index is 159. The molecule has 1 aliphatic rings. The van der Waals surface area contributed by atoms with Crippen LogP contribution in [0.3, 0.4) is 0 Å². The molecule has 0 spiro atoms. The Morgan fingerprint density at radius 3 is 2.36 bits per heavy atom. The SMILES string of the molecule is COC(C)(C)C(=O)OC1CC1. The summed E-state index contributed by atoms with van der Waals surface area (Å²) in [4.78, 5) is 11.2. The van der Waals surface area contributed by atoms with Crippen molar-refractivity contribution in [2.75, 3.05) is 7.11 Å². The largest absolute Gasteiger partial charge is 0.460 e. The van der Waals surface area contributed by atoms with Gasteiger partial charge in [0.1, 0.15) is 6.10 Å². The Balaban J connectivity index is 2.37. The molecule has 3 heteroatoms. The van der Waals surface area contributed by atoms with E-state index in [4.69, 9.17) is 9.47 Å². The Kier molecular flexibility index (Phi) is 2.18. The zero-order chi connectivity index (χ0) is 8.48. The first-order chi connectivity index (χ1) is 5.06. The van der Waals surface area contributed by atoms with Gasteiger partial charge in [0.15, 0.2) is 5.60 Å². The van der Waals surface area contributed by atoms with Gasteiger partial charge in [0.25, 0.3) is 0 Å². The summed E-state index contributed by atoms with van der Waals surface area (Å²) in [6, 6.07) is 0. The predicted octanol–water partition coefficient (Wildman–Crippen LogP) is 1.12.